The third-order valence-corrected chi connectivity index (χ3v) is 20.0. The van der Waals surface area contributed by atoms with Crippen molar-refractivity contribution in [2.24, 2.45) is 5.92 Å². The van der Waals surface area contributed by atoms with E-state index in [1.54, 1.807) is 40.6 Å². The minimum atomic E-state index is -0.865. The van der Waals surface area contributed by atoms with Crippen LogP contribution in [0.5, 0.6) is 11.8 Å². The van der Waals surface area contributed by atoms with Gasteiger partial charge in [-0.05, 0) is 111 Å². The van der Waals surface area contributed by atoms with Gasteiger partial charge in [0.25, 0.3) is 0 Å². The molecule has 8 atom stereocenters. The number of thiazole rings is 1. The van der Waals surface area contributed by atoms with Crippen molar-refractivity contribution in [2.75, 3.05) is 75.4 Å². The molecule has 4 aromatic heterocycles. The number of piperazine rings is 2. The Kier molecular flexibility index (Phi) is 15.8. The summed E-state index contributed by atoms with van der Waals surface area (Å²) in [4.78, 5) is 72.0. The molecule has 3 amide bonds. The van der Waals surface area contributed by atoms with E-state index < -0.39 is 23.9 Å². The van der Waals surface area contributed by atoms with Gasteiger partial charge in [-0.2, -0.15) is 9.97 Å². The number of nitrogens with one attached hydrogen (secondary N) is 2. The lowest BCUT2D eigenvalue weighted by atomic mass is 9.91. The van der Waals surface area contributed by atoms with E-state index >= 15 is 4.39 Å². The van der Waals surface area contributed by atoms with E-state index in [9.17, 15) is 24.6 Å². The van der Waals surface area contributed by atoms with E-state index in [0.29, 0.717) is 86.1 Å². The molecule has 452 valence electrons. The highest BCUT2D eigenvalue weighted by Gasteiger charge is 2.51. The van der Waals surface area contributed by atoms with Gasteiger partial charge in [0.1, 0.15) is 48.0 Å². The van der Waals surface area contributed by atoms with Crippen LogP contribution in [0.15, 0.2) is 76.9 Å². The molecule has 20 nitrogen and oxygen atoms in total. The fraction of sp³-hybridized carbons (Fsp3) is 0.500. The maximum absolute atomic E-state index is 17.4. The van der Waals surface area contributed by atoms with E-state index in [1.165, 1.54) is 4.90 Å². The largest absolute Gasteiger partial charge is 0.508 e. The Balaban J connectivity index is 0.634. The van der Waals surface area contributed by atoms with Crippen molar-refractivity contribution in [1.29, 1.82) is 0 Å². The van der Waals surface area contributed by atoms with Gasteiger partial charge >= 0.3 is 12.1 Å². The van der Waals surface area contributed by atoms with Crippen molar-refractivity contribution in [3.63, 3.8) is 0 Å². The number of carbonyl (C=O) groups is 3. The minimum Gasteiger partial charge on any atom is -0.508 e. The van der Waals surface area contributed by atoms with E-state index in [4.69, 9.17) is 28.9 Å². The summed E-state index contributed by atoms with van der Waals surface area (Å²) in [5.41, 5.74) is 6.16. The number of phenolic OH excluding ortho intramolecular Hbond substituents is 1. The lowest BCUT2D eigenvalue weighted by Crippen LogP contribution is -2.51. The van der Waals surface area contributed by atoms with E-state index in [-0.39, 0.29) is 90.6 Å². The molecule has 2 bridgehead atoms. The molecule has 0 saturated carbocycles. The zero-order valence-electron chi connectivity index (χ0n) is 49.4. The van der Waals surface area contributed by atoms with Gasteiger partial charge in [0.2, 0.25) is 11.8 Å². The molecule has 10 heterocycles. The van der Waals surface area contributed by atoms with Gasteiger partial charge in [0.15, 0.2) is 17.4 Å². The first-order chi connectivity index (χ1) is 41.6. The van der Waals surface area contributed by atoms with Crippen LogP contribution in [0.2, 0.25) is 0 Å². The molecular weight excluding hydrogens is 1120 g/mol. The second kappa shape index (κ2) is 23.6. The summed E-state index contributed by atoms with van der Waals surface area (Å²) in [6.07, 6.45) is 6.84. The highest BCUT2D eigenvalue weighted by atomic mass is 32.1. The molecule has 6 saturated heterocycles. The second-order valence-electron chi connectivity index (χ2n) is 24.8. The van der Waals surface area contributed by atoms with Gasteiger partial charge in [-0.3, -0.25) is 19.5 Å². The third-order valence-electron chi connectivity index (χ3n) is 19.0. The Morgan fingerprint density at radius 1 is 0.942 bits per heavy atom. The van der Waals surface area contributed by atoms with Crippen molar-refractivity contribution >= 4 is 62.6 Å². The van der Waals surface area contributed by atoms with Crippen molar-refractivity contribution in [2.45, 2.75) is 134 Å². The van der Waals surface area contributed by atoms with Crippen LogP contribution in [0.25, 0.3) is 43.4 Å². The number of halogens is 1. The van der Waals surface area contributed by atoms with Gasteiger partial charge in [-0.15, -0.1) is 11.3 Å². The molecule has 7 aromatic rings. The van der Waals surface area contributed by atoms with Crippen LogP contribution in [0.3, 0.4) is 0 Å². The molecule has 86 heavy (non-hydrogen) atoms. The van der Waals surface area contributed by atoms with Gasteiger partial charge in [0.05, 0.1) is 39.2 Å². The van der Waals surface area contributed by atoms with E-state index in [1.807, 2.05) is 80.6 Å². The first-order valence-electron chi connectivity index (χ1n) is 30.6. The topological polar surface area (TPSA) is 228 Å². The number of aromatic nitrogens is 5. The number of anilines is 2. The number of hydrogen-bond acceptors (Lipinski definition) is 18. The van der Waals surface area contributed by atoms with Crippen LogP contribution in [0.1, 0.15) is 107 Å². The summed E-state index contributed by atoms with van der Waals surface area (Å²) in [7, 11) is 0. The molecule has 6 aliphatic rings. The summed E-state index contributed by atoms with van der Waals surface area (Å²) in [6.45, 7) is 14.3. The van der Waals surface area contributed by atoms with Crippen LogP contribution < -0.4 is 25.2 Å². The zero-order valence-corrected chi connectivity index (χ0v) is 50.2. The van der Waals surface area contributed by atoms with Crippen molar-refractivity contribution < 1.29 is 43.0 Å². The minimum absolute atomic E-state index is 0.0169. The predicted molar refractivity (Wildman–Crippen MR) is 325 cm³/mol. The van der Waals surface area contributed by atoms with E-state index in [0.717, 1.165) is 83.1 Å². The first-order valence-corrected chi connectivity index (χ1v) is 31.4. The average Bonchev–Trinajstić information content (AvgIpc) is 1.63. The number of aliphatic hydroxyl groups excluding tert-OH is 1. The van der Waals surface area contributed by atoms with Crippen LogP contribution in [-0.4, -0.2) is 169 Å². The van der Waals surface area contributed by atoms with Crippen LogP contribution in [-0.2, 0) is 20.7 Å². The number of likely N-dealkylation sites (tertiary alicyclic amines) is 1. The number of aliphatic hydroxyl groups is 1. The molecule has 6 fully saturated rings. The molecule has 4 N–H and O–H groups in total. The van der Waals surface area contributed by atoms with Crippen molar-refractivity contribution in [3.05, 3.63) is 101 Å². The number of rotatable bonds is 16. The number of β-amino-alcohol motifs (C(OH)–C–C–N with tert-alkyl or cyclic N) is 1. The van der Waals surface area contributed by atoms with Gasteiger partial charge in [-0.1, -0.05) is 68.4 Å². The number of phenols is 1. The number of fused-ring (bicyclic) bond motifs is 5. The lowest BCUT2D eigenvalue weighted by molar-refractivity contribution is -0.141. The maximum atomic E-state index is 17.4. The highest BCUT2D eigenvalue weighted by molar-refractivity contribution is 7.13. The SMILES string of the molecule is CCc1cccc2cc(O)cc(-c3ncc4c(N5CC6CCC(C5)N6)nc(OC[C@@]56CCCN5[C@H](COC(=O)N5CCN(c7cc([C@@H](C(=O)N8C[C@H](O)C[C@H]8C(=O)N[C@@H](C)c8ccc(-c9scnc9C)cc8)C(C)C)on7)CC5)CC6)nc4c3F)c12. The number of aromatic hydroxyl groups is 1. The Morgan fingerprint density at radius 2 is 1.73 bits per heavy atom. The quantitative estimate of drug-likeness (QED) is 0.0711. The molecule has 22 heteroatoms. The first kappa shape index (κ1) is 57.5. The summed E-state index contributed by atoms with van der Waals surface area (Å²) in [5.74, 6) is -0.688. The molecule has 6 aliphatic heterocycles. The standard InChI is InChI=1S/C64H75FN12O8S/c1-6-39-9-7-10-42-25-46(78)26-48(54(39)42)56-55(65)57-49(29-66-56)59(75-30-43-15-16-44(31-75)69-43)71-62(70-57)84-34-64-18-8-20-77(64)45(17-19-64)33-83-63(82)74-23-21-73(22-24-74)52-28-51(85-72-52)53(36(2)3)61(81)76-32-47(79)27-50(76)60(80)68-37(4)40-11-13-41(14-12-40)58-38(5)67-35-86-58/h7,9-14,25-26,28-29,35-37,43-45,47,50,53,69,78-79H,6,8,15-24,27,30-34H2,1-5H3,(H,68,80)/t37-,43?,44?,45-,47+,50-,53-,64-/m0/s1. The number of ether oxygens (including phenoxy) is 2. The molecular formula is C64H75FN12O8S. The Hall–Kier alpha value is -7.53. The molecule has 2 unspecified atom stereocenters. The predicted octanol–water partition coefficient (Wildman–Crippen LogP) is 8.53. The summed E-state index contributed by atoms with van der Waals surface area (Å²) in [5, 5.41) is 35.0. The molecule has 0 radical (unpaired) electrons. The van der Waals surface area contributed by atoms with E-state index in [2.05, 4.69) is 37.5 Å². The molecule has 0 spiro atoms. The number of amides is 3. The second-order valence-corrected chi connectivity index (χ2v) is 25.7. The maximum Gasteiger partial charge on any atom is 0.409 e. The summed E-state index contributed by atoms with van der Waals surface area (Å²) < 4.78 is 36.0. The third kappa shape index (κ3) is 10.9. The number of pyridine rings is 1. The lowest BCUT2D eigenvalue weighted by Gasteiger charge is -2.36. The van der Waals surface area contributed by atoms with Gasteiger partial charge in [0, 0.05) is 88.2 Å². The van der Waals surface area contributed by atoms with Crippen molar-refractivity contribution in [3.8, 4) is 33.5 Å². The van der Waals surface area contributed by atoms with Crippen LogP contribution in [0.4, 0.5) is 20.8 Å². The smallest absolute Gasteiger partial charge is 0.409 e. The highest BCUT2D eigenvalue weighted by Crippen LogP contribution is 2.44. The Morgan fingerprint density at radius 3 is 2.48 bits per heavy atom. The van der Waals surface area contributed by atoms with Crippen LogP contribution >= 0.6 is 11.3 Å². The van der Waals surface area contributed by atoms with Crippen molar-refractivity contribution in [1.82, 2.24) is 50.4 Å². The fourth-order valence-corrected chi connectivity index (χ4v) is 15.3. The molecule has 3 aromatic carbocycles. The summed E-state index contributed by atoms with van der Waals surface area (Å²) in [6, 6.07) is 18.4. The van der Waals surface area contributed by atoms with Gasteiger partial charge in [-0.25, -0.2) is 14.2 Å². The number of carbonyl (C=O) groups excluding carboxylic acids is 3. The Labute approximate surface area is 503 Å². The zero-order chi connectivity index (χ0) is 59.5. The number of aryl methyl sites for hydroxylation is 2. The fourth-order valence-electron chi connectivity index (χ4n) is 14.5. The molecule has 13 rings (SSSR count). The summed E-state index contributed by atoms with van der Waals surface area (Å²) >= 11 is 1.58. The van der Waals surface area contributed by atoms with Gasteiger partial charge < -0.3 is 54.4 Å². The average molecular weight is 1190 g/mol. The normalized spacial score (nSPS) is 23.8. The number of hydrogen-bond donors (Lipinski definition) is 4. The molecule has 0 aliphatic carbocycles. The van der Waals surface area contributed by atoms with Crippen LogP contribution in [0, 0.1) is 18.7 Å². The number of nitrogens with zero attached hydrogens (tertiary/aromatic N) is 10. The number of benzene rings is 3. The Bertz CT molecular complexity index is 3680. The monoisotopic (exact) mass is 1190 g/mol.